The molecule has 6 nitrogen and oxygen atoms in total. The predicted molar refractivity (Wildman–Crippen MR) is 122 cm³/mol. The maximum absolute atomic E-state index is 11.6. The second-order valence-corrected chi connectivity index (χ2v) is 7.91. The van der Waals surface area contributed by atoms with E-state index in [0.29, 0.717) is 29.5 Å². The molecule has 0 unspecified atom stereocenters. The number of rotatable bonds is 10. The zero-order valence-corrected chi connectivity index (χ0v) is 18.6. The Kier molecular flexibility index (Phi) is 7.34. The normalized spacial score (nSPS) is 11.0. The van der Waals surface area contributed by atoms with Crippen molar-refractivity contribution in [2.75, 3.05) is 13.7 Å². The van der Waals surface area contributed by atoms with Crippen LogP contribution in [-0.2, 0) is 6.54 Å². The minimum absolute atomic E-state index is 0.203. The maximum Gasteiger partial charge on any atom is 0.335 e. The van der Waals surface area contributed by atoms with Gasteiger partial charge in [-0.15, -0.1) is 0 Å². The molecule has 0 radical (unpaired) electrons. The van der Waals surface area contributed by atoms with Gasteiger partial charge in [-0.25, -0.2) is 4.79 Å². The van der Waals surface area contributed by atoms with Gasteiger partial charge in [0, 0.05) is 17.7 Å². The Balaban J connectivity index is 2.14. The molecule has 0 bridgehead atoms. The van der Waals surface area contributed by atoms with Gasteiger partial charge in [-0.3, -0.25) is 4.68 Å². The molecule has 0 aliphatic heterocycles. The number of aromatic nitrogens is 2. The number of unbranched alkanes of at least 4 members (excludes halogenated alkanes) is 1. The third kappa shape index (κ3) is 5.26. The van der Waals surface area contributed by atoms with Gasteiger partial charge in [0.05, 0.1) is 30.7 Å². The highest BCUT2D eigenvalue weighted by Gasteiger charge is 2.19. The summed E-state index contributed by atoms with van der Waals surface area (Å²) < 4.78 is 13.5. The number of aromatic carboxylic acids is 1. The Morgan fingerprint density at radius 3 is 2.55 bits per heavy atom. The van der Waals surface area contributed by atoms with E-state index in [1.807, 2.05) is 35.0 Å². The summed E-state index contributed by atoms with van der Waals surface area (Å²) in [6, 6.07) is 14.7. The molecular weight excluding hydrogens is 392 g/mol. The highest BCUT2D eigenvalue weighted by molar-refractivity contribution is 5.90. The van der Waals surface area contributed by atoms with Crippen molar-refractivity contribution in [3.63, 3.8) is 0 Å². The maximum atomic E-state index is 11.6. The first kappa shape index (κ1) is 22.4. The SMILES string of the molecule is CCCCn1nc(-c2cc(C(=O)O)ccc2OCC(C)C)cc1-c1ccccc1OC. The number of ether oxygens (including phenoxy) is 2. The van der Waals surface area contributed by atoms with Crippen LogP contribution < -0.4 is 9.47 Å². The fourth-order valence-electron chi connectivity index (χ4n) is 3.35. The number of aryl methyl sites for hydroxylation is 1. The minimum atomic E-state index is -0.980. The van der Waals surface area contributed by atoms with Gasteiger partial charge < -0.3 is 14.6 Å². The van der Waals surface area contributed by atoms with Crippen molar-refractivity contribution in [1.29, 1.82) is 0 Å². The average Bonchev–Trinajstić information content (AvgIpc) is 3.19. The Bertz CT molecular complexity index is 1040. The molecule has 1 aromatic heterocycles. The van der Waals surface area contributed by atoms with Crippen LogP contribution in [0.4, 0.5) is 0 Å². The first-order chi connectivity index (χ1) is 14.9. The van der Waals surface area contributed by atoms with Gasteiger partial charge in [-0.05, 0) is 48.7 Å². The lowest BCUT2D eigenvalue weighted by molar-refractivity contribution is 0.0697. The molecule has 6 heteroatoms. The van der Waals surface area contributed by atoms with Crippen molar-refractivity contribution in [2.45, 2.75) is 40.2 Å². The minimum Gasteiger partial charge on any atom is -0.496 e. The molecule has 0 aliphatic rings. The average molecular weight is 423 g/mol. The number of nitrogens with zero attached hydrogens (tertiary/aromatic N) is 2. The summed E-state index contributed by atoms with van der Waals surface area (Å²) >= 11 is 0. The van der Waals surface area contributed by atoms with Crippen molar-refractivity contribution in [3.8, 4) is 34.0 Å². The van der Waals surface area contributed by atoms with Crippen LogP contribution in [0.1, 0.15) is 44.0 Å². The fourth-order valence-corrected chi connectivity index (χ4v) is 3.35. The number of carbonyl (C=O) groups is 1. The summed E-state index contributed by atoms with van der Waals surface area (Å²) in [5, 5.41) is 14.4. The van der Waals surface area contributed by atoms with Gasteiger partial charge in [0.15, 0.2) is 0 Å². The van der Waals surface area contributed by atoms with E-state index >= 15 is 0 Å². The van der Waals surface area contributed by atoms with Crippen molar-refractivity contribution < 1.29 is 19.4 Å². The lowest BCUT2D eigenvalue weighted by Gasteiger charge is -2.13. The first-order valence-electron chi connectivity index (χ1n) is 10.7. The number of methoxy groups -OCH3 is 1. The highest BCUT2D eigenvalue weighted by Crippen LogP contribution is 2.36. The summed E-state index contributed by atoms with van der Waals surface area (Å²) in [6.45, 7) is 7.58. The molecule has 1 N–H and O–H groups in total. The molecule has 31 heavy (non-hydrogen) atoms. The molecule has 0 atom stereocenters. The van der Waals surface area contributed by atoms with E-state index in [2.05, 4.69) is 20.8 Å². The summed E-state index contributed by atoms with van der Waals surface area (Å²) in [4.78, 5) is 11.6. The molecule has 3 rings (SSSR count). The fraction of sp³-hybridized carbons (Fsp3) is 0.360. The second-order valence-electron chi connectivity index (χ2n) is 7.91. The molecule has 0 saturated heterocycles. The number of hydrogen-bond donors (Lipinski definition) is 1. The third-order valence-corrected chi connectivity index (χ3v) is 4.96. The van der Waals surface area contributed by atoms with Crippen LogP contribution in [0.25, 0.3) is 22.5 Å². The summed E-state index contributed by atoms with van der Waals surface area (Å²) in [5.41, 5.74) is 3.43. The van der Waals surface area contributed by atoms with Crippen LogP contribution in [0.2, 0.25) is 0 Å². The van der Waals surface area contributed by atoms with Crippen LogP contribution in [-0.4, -0.2) is 34.6 Å². The van der Waals surface area contributed by atoms with Gasteiger partial charge >= 0.3 is 5.97 Å². The van der Waals surface area contributed by atoms with Crippen molar-refractivity contribution in [1.82, 2.24) is 9.78 Å². The molecule has 2 aromatic carbocycles. The first-order valence-corrected chi connectivity index (χ1v) is 10.7. The molecule has 0 saturated carbocycles. The van der Waals surface area contributed by atoms with Crippen molar-refractivity contribution >= 4 is 5.97 Å². The van der Waals surface area contributed by atoms with E-state index in [1.165, 1.54) is 0 Å². The Morgan fingerprint density at radius 1 is 1.10 bits per heavy atom. The van der Waals surface area contributed by atoms with Gasteiger partial charge in [0.1, 0.15) is 11.5 Å². The number of benzene rings is 2. The van der Waals surface area contributed by atoms with E-state index in [9.17, 15) is 9.90 Å². The lowest BCUT2D eigenvalue weighted by Crippen LogP contribution is -2.07. The third-order valence-electron chi connectivity index (χ3n) is 4.96. The summed E-state index contributed by atoms with van der Waals surface area (Å²) in [5.74, 6) is 0.762. The van der Waals surface area contributed by atoms with E-state index in [4.69, 9.17) is 14.6 Å². The van der Waals surface area contributed by atoms with Crippen LogP contribution in [0, 0.1) is 5.92 Å². The molecule has 0 spiro atoms. The Morgan fingerprint density at radius 2 is 1.87 bits per heavy atom. The molecule has 0 aliphatic carbocycles. The summed E-state index contributed by atoms with van der Waals surface area (Å²) in [6.07, 6.45) is 2.02. The number of carboxylic acids is 1. The van der Waals surface area contributed by atoms with Crippen LogP contribution >= 0.6 is 0 Å². The van der Waals surface area contributed by atoms with Gasteiger partial charge in [0.2, 0.25) is 0 Å². The number of para-hydroxylation sites is 1. The highest BCUT2D eigenvalue weighted by atomic mass is 16.5. The number of hydrogen-bond acceptors (Lipinski definition) is 4. The standard InChI is InChI=1S/C25H30N2O4/c1-5-6-13-27-22(19-9-7-8-10-23(19)30-4)15-21(26-27)20-14-18(25(28)29)11-12-24(20)31-16-17(2)3/h7-12,14-15,17H,5-6,13,16H2,1-4H3,(H,28,29). The molecule has 164 valence electrons. The largest absolute Gasteiger partial charge is 0.496 e. The van der Waals surface area contributed by atoms with E-state index in [-0.39, 0.29) is 5.56 Å². The lowest BCUT2D eigenvalue weighted by atomic mass is 10.0. The smallest absolute Gasteiger partial charge is 0.335 e. The van der Waals surface area contributed by atoms with Crippen molar-refractivity contribution in [3.05, 3.63) is 54.1 Å². The van der Waals surface area contributed by atoms with Crippen LogP contribution in [0.5, 0.6) is 11.5 Å². The van der Waals surface area contributed by atoms with E-state index in [0.717, 1.165) is 36.4 Å². The zero-order valence-electron chi connectivity index (χ0n) is 18.6. The second kappa shape index (κ2) is 10.2. The Labute approximate surface area is 183 Å². The van der Waals surface area contributed by atoms with Gasteiger partial charge in [0.25, 0.3) is 0 Å². The van der Waals surface area contributed by atoms with E-state index < -0.39 is 5.97 Å². The predicted octanol–water partition coefficient (Wildman–Crippen LogP) is 5.76. The topological polar surface area (TPSA) is 73.6 Å². The monoisotopic (exact) mass is 422 g/mol. The van der Waals surface area contributed by atoms with Gasteiger partial charge in [-0.1, -0.05) is 39.3 Å². The van der Waals surface area contributed by atoms with E-state index in [1.54, 1.807) is 25.3 Å². The zero-order chi connectivity index (χ0) is 22.4. The molecule has 0 amide bonds. The Hall–Kier alpha value is -3.28. The van der Waals surface area contributed by atoms with Crippen LogP contribution in [0.3, 0.4) is 0 Å². The quantitative estimate of drug-likeness (QED) is 0.450. The molecule has 3 aromatic rings. The molecular formula is C25H30N2O4. The molecule has 1 heterocycles. The summed E-state index contributed by atoms with van der Waals surface area (Å²) in [7, 11) is 1.65. The molecule has 0 fully saturated rings. The van der Waals surface area contributed by atoms with Crippen LogP contribution in [0.15, 0.2) is 48.5 Å². The van der Waals surface area contributed by atoms with Gasteiger partial charge in [-0.2, -0.15) is 5.10 Å². The number of carboxylic acid groups (broad SMARTS) is 1. The van der Waals surface area contributed by atoms with Crippen molar-refractivity contribution in [2.24, 2.45) is 5.92 Å².